The molecule has 1 aliphatic heterocycles. The second kappa shape index (κ2) is 4.41. The number of nitrogens with zero attached hydrogens (tertiary/aromatic N) is 1. The number of nitrogens with one attached hydrogen (secondary N) is 2. The summed E-state index contributed by atoms with van der Waals surface area (Å²) in [6, 6.07) is 0.325. The van der Waals surface area contributed by atoms with Gasteiger partial charge in [-0.25, -0.2) is 0 Å². The Balaban J connectivity index is 2.22. The second-order valence-corrected chi connectivity index (χ2v) is 6.31. The summed E-state index contributed by atoms with van der Waals surface area (Å²) in [5.41, 5.74) is 0.856. The van der Waals surface area contributed by atoms with Gasteiger partial charge in [-0.2, -0.15) is 4.40 Å². The van der Waals surface area contributed by atoms with Crippen molar-refractivity contribution < 1.29 is 0 Å². The van der Waals surface area contributed by atoms with Crippen LogP contribution in [0.15, 0.2) is 9.29 Å². The van der Waals surface area contributed by atoms with Crippen molar-refractivity contribution >= 4 is 58.1 Å². The third kappa shape index (κ3) is 2.36. The van der Waals surface area contributed by atoms with Crippen LogP contribution in [0.4, 0.5) is 5.69 Å². The number of hydrogen-bond donors (Lipinski definition) is 2. The molecule has 82 valence electrons. The average Bonchev–Trinajstić information content (AvgIpc) is 2.41. The van der Waals surface area contributed by atoms with Gasteiger partial charge in [-0.1, -0.05) is 23.2 Å². The van der Waals surface area contributed by atoms with Crippen LogP contribution in [-0.4, -0.2) is 12.0 Å². The molecular weight excluding hydrogens is 273 g/mol. The SMILES string of the molecule is CC(C)NC1=NSc2c(Cl)sc(Cl)c2N1. The highest BCUT2D eigenvalue weighted by atomic mass is 35.5. The molecule has 0 radical (unpaired) electrons. The van der Waals surface area contributed by atoms with E-state index in [2.05, 4.69) is 15.0 Å². The standard InChI is InChI=1S/C8H9Cl2N3S2/c1-3(2)11-8-12-4-5(15-13-8)7(10)14-6(4)9/h3H,1-2H3,(H2,11,12,13). The molecule has 0 bridgehead atoms. The molecule has 1 aromatic rings. The molecule has 0 fully saturated rings. The Morgan fingerprint density at radius 2 is 2.07 bits per heavy atom. The Morgan fingerprint density at radius 1 is 1.33 bits per heavy atom. The van der Waals surface area contributed by atoms with E-state index in [1.165, 1.54) is 23.3 Å². The lowest BCUT2D eigenvalue weighted by Gasteiger charge is -2.18. The summed E-state index contributed by atoms with van der Waals surface area (Å²) < 4.78 is 5.61. The van der Waals surface area contributed by atoms with Crippen LogP contribution < -0.4 is 10.6 Å². The first-order chi connectivity index (χ1) is 7.08. The van der Waals surface area contributed by atoms with Crippen molar-refractivity contribution in [3.63, 3.8) is 0 Å². The van der Waals surface area contributed by atoms with Crippen molar-refractivity contribution in [2.75, 3.05) is 5.32 Å². The van der Waals surface area contributed by atoms with Gasteiger partial charge in [-0.3, -0.25) is 0 Å². The van der Waals surface area contributed by atoms with Crippen LogP contribution in [0.1, 0.15) is 13.8 Å². The van der Waals surface area contributed by atoms with Gasteiger partial charge in [-0.15, -0.1) is 11.3 Å². The zero-order chi connectivity index (χ0) is 11.0. The summed E-state index contributed by atoms with van der Waals surface area (Å²) in [4.78, 5) is 0.904. The number of fused-ring (bicyclic) bond motifs is 1. The fraction of sp³-hybridized carbons (Fsp3) is 0.375. The van der Waals surface area contributed by atoms with Gasteiger partial charge in [0.1, 0.15) is 8.67 Å². The van der Waals surface area contributed by atoms with E-state index >= 15 is 0 Å². The third-order valence-corrected chi connectivity index (χ3v) is 4.39. The fourth-order valence-corrected chi connectivity index (χ4v) is 3.60. The van der Waals surface area contributed by atoms with Crippen molar-refractivity contribution in [2.45, 2.75) is 24.8 Å². The topological polar surface area (TPSA) is 36.4 Å². The predicted octanol–water partition coefficient (Wildman–Crippen LogP) is 3.84. The maximum Gasteiger partial charge on any atom is 0.208 e. The summed E-state index contributed by atoms with van der Waals surface area (Å²) in [6.07, 6.45) is 0. The van der Waals surface area contributed by atoms with Gasteiger partial charge in [0.15, 0.2) is 0 Å². The van der Waals surface area contributed by atoms with E-state index in [0.29, 0.717) is 14.7 Å². The Bertz CT molecular complexity index is 414. The first-order valence-electron chi connectivity index (χ1n) is 4.34. The molecule has 0 amide bonds. The third-order valence-electron chi connectivity index (χ3n) is 1.68. The molecule has 0 atom stereocenters. The Morgan fingerprint density at radius 3 is 2.73 bits per heavy atom. The van der Waals surface area contributed by atoms with Crippen LogP contribution >= 0.6 is 46.5 Å². The quantitative estimate of drug-likeness (QED) is 0.768. The summed E-state index contributed by atoms with van der Waals surface area (Å²) in [7, 11) is 0. The lowest BCUT2D eigenvalue weighted by atomic mass is 10.4. The van der Waals surface area contributed by atoms with Crippen molar-refractivity contribution in [1.29, 1.82) is 0 Å². The van der Waals surface area contributed by atoms with Crippen LogP contribution in [0.2, 0.25) is 8.67 Å². The number of anilines is 1. The number of guanidine groups is 1. The van der Waals surface area contributed by atoms with Crippen molar-refractivity contribution in [1.82, 2.24) is 5.32 Å². The van der Waals surface area contributed by atoms with Gasteiger partial charge in [0, 0.05) is 18.0 Å². The van der Waals surface area contributed by atoms with Crippen LogP contribution in [0, 0.1) is 0 Å². The molecule has 15 heavy (non-hydrogen) atoms. The van der Waals surface area contributed by atoms with Crippen LogP contribution in [0.3, 0.4) is 0 Å². The van der Waals surface area contributed by atoms with Gasteiger partial charge in [0.25, 0.3) is 0 Å². The first kappa shape index (κ1) is 11.4. The Labute approximate surface area is 106 Å². The summed E-state index contributed by atoms with van der Waals surface area (Å²) in [5.74, 6) is 0.721. The van der Waals surface area contributed by atoms with E-state index in [4.69, 9.17) is 23.2 Å². The molecule has 1 aromatic heterocycles. The van der Waals surface area contributed by atoms with E-state index in [-0.39, 0.29) is 0 Å². The molecule has 0 spiro atoms. The summed E-state index contributed by atoms with van der Waals surface area (Å²) in [5, 5.41) is 6.31. The highest BCUT2D eigenvalue weighted by Gasteiger charge is 2.22. The van der Waals surface area contributed by atoms with Gasteiger partial charge < -0.3 is 10.6 Å². The lowest BCUT2D eigenvalue weighted by molar-refractivity contribution is 0.732. The van der Waals surface area contributed by atoms with E-state index in [9.17, 15) is 0 Å². The monoisotopic (exact) mass is 281 g/mol. The van der Waals surface area contributed by atoms with E-state index in [0.717, 1.165) is 16.5 Å². The molecule has 0 aliphatic carbocycles. The smallest absolute Gasteiger partial charge is 0.208 e. The molecule has 0 aromatic carbocycles. The molecule has 3 nitrogen and oxygen atoms in total. The Hall–Kier alpha value is -0.100. The number of thiophene rings is 1. The molecule has 1 aliphatic rings. The first-order valence-corrected chi connectivity index (χ1v) is 6.69. The van der Waals surface area contributed by atoms with Gasteiger partial charge in [0.2, 0.25) is 5.96 Å². The predicted molar refractivity (Wildman–Crippen MR) is 69.5 cm³/mol. The number of hydrogen-bond acceptors (Lipinski definition) is 5. The average molecular weight is 282 g/mol. The Kier molecular flexibility index (Phi) is 3.35. The zero-order valence-electron chi connectivity index (χ0n) is 8.10. The summed E-state index contributed by atoms with van der Waals surface area (Å²) >= 11 is 14.7. The van der Waals surface area contributed by atoms with E-state index in [1.54, 1.807) is 0 Å². The van der Waals surface area contributed by atoms with Crippen LogP contribution in [-0.2, 0) is 0 Å². The van der Waals surface area contributed by atoms with Crippen LogP contribution in [0.25, 0.3) is 0 Å². The van der Waals surface area contributed by atoms with Crippen molar-refractivity contribution in [2.24, 2.45) is 4.40 Å². The van der Waals surface area contributed by atoms with E-state index < -0.39 is 0 Å². The maximum absolute atomic E-state index is 6.04. The van der Waals surface area contributed by atoms with Crippen LogP contribution in [0.5, 0.6) is 0 Å². The minimum atomic E-state index is 0.325. The highest BCUT2D eigenvalue weighted by Crippen LogP contribution is 2.48. The molecule has 0 saturated heterocycles. The normalized spacial score (nSPS) is 14.6. The number of rotatable bonds is 1. The van der Waals surface area contributed by atoms with Crippen molar-refractivity contribution in [3.05, 3.63) is 8.67 Å². The minimum Gasteiger partial charge on any atom is -0.353 e. The largest absolute Gasteiger partial charge is 0.353 e. The number of halogens is 2. The molecule has 2 rings (SSSR count). The van der Waals surface area contributed by atoms with Gasteiger partial charge in [-0.05, 0) is 13.8 Å². The molecule has 7 heteroatoms. The molecule has 0 saturated carbocycles. The van der Waals surface area contributed by atoms with E-state index in [1.807, 2.05) is 13.8 Å². The van der Waals surface area contributed by atoms with Gasteiger partial charge in [0.05, 0.1) is 10.6 Å². The zero-order valence-corrected chi connectivity index (χ0v) is 11.2. The van der Waals surface area contributed by atoms with Gasteiger partial charge >= 0.3 is 0 Å². The molecular formula is C8H9Cl2N3S2. The highest BCUT2D eigenvalue weighted by molar-refractivity contribution is 7.98. The molecule has 2 heterocycles. The molecule has 0 unspecified atom stereocenters. The molecule has 2 N–H and O–H groups in total. The minimum absolute atomic E-state index is 0.325. The summed E-state index contributed by atoms with van der Waals surface area (Å²) in [6.45, 7) is 4.10. The fourth-order valence-electron chi connectivity index (χ4n) is 1.12. The maximum atomic E-state index is 6.04. The van der Waals surface area contributed by atoms with Crippen molar-refractivity contribution in [3.8, 4) is 0 Å². The second-order valence-electron chi connectivity index (χ2n) is 3.31. The lowest BCUT2D eigenvalue weighted by Crippen LogP contribution is -2.36.